The van der Waals surface area contributed by atoms with Crippen molar-refractivity contribution in [1.29, 1.82) is 5.26 Å². The molecule has 2 aliphatic rings. The molecule has 4 heteroatoms. The van der Waals surface area contributed by atoms with Crippen LogP contribution in [0, 0.1) is 17.2 Å². The van der Waals surface area contributed by atoms with Gasteiger partial charge in [0.15, 0.2) is 0 Å². The summed E-state index contributed by atoms with van der Waals surface area (Å²) in [6.07, 6.45) is 5.01. The number of aliphatic hydroxyl groups is 1. The lowest BCUT2D eigenvalue weighted by Gasteiger charge is -2.35. The molecule has 2 aromatic carbocycles. The van der Waals surface area contributed by atoms with Gasteiger partial charge in [-0.2, -0.15) is 5.26 Å². The fourth-order valence-electron chi connectivity index (χ4n) is 4.53. The molecule has 0 spiro atoms. The predicted octanol–water partition coefficient (Wildman–Crippen LogP) is 3.62. The van der Waals surface area contributed by atoms with Crippen molar-refractivity contribution in [1.82, 2.24) is 9.55 Å². The molecule has 3 aromatic rings. The van der Waals surface area contributed by atoms with E-state index < -0.39 is 6.10 Å². The second-order valence-corrected chi connectivity index (χ2v) is 6.89. The molecule has 0 fully saturated rings. The van der Waals surface area contributed by atoms with Crippen molar-refractivity contribution in [3.8, 4) is 17.3 Å². The molecule has 1 N–H and O–H groups in total. The molecule has 0 saturated carbocycles. The van der Waals surface area contributed by atoms with Gasteiger partial charge in [0.2, 0.25) is 0 Å². The number of aromatic nitrogens is 2. The van der Waals surface area contributed by atoms with Gasteiger partial charge in [0, 0.05) is 11.5 Å². The van der Waals surface area contributed by atoms with Crippen molar-refractivity contribution in [2.24, 2.45) is 5.92 Å². The number of nitriles is 1. The van der Waals surface area contributed by atoms with Crippen LogP contribution in [0.15, 0.2) is 55.0 Å². The molecule has 5 rings (SSSR count). The first kappa shape index (κ1) is 14.4. The summed E-state index contributed by atoms with van der Waals surface area (Å²) in [5, 5.41) is 20.2. The third-order valence-electron chi connectivity index (χ3n) is 5.67. The Labute approximate surface area is 146 Å². The number of benzene rings is 2. The van der Waals surface area contributed by atoms with Gasteiger partial charge in [-0.05, 0) is 41.7 Å². The van der Waals surface area contributed by atoms with E-state index >= 15 is 0 Å². The van der Waals surface area contributed by atoms with Crippen LogP contribution in [0.4, 0.5) is 0 Å². The van der Waals surface area contributed by atoms with E-state index in [2.05, 4.69) is 39.9 Å². The molecule has 0 bridgehead atoms. The Morgan fingerprint density at radius 2 is 2.04 bits per heavy atom. The number of fused-ring (bicyclic) bond motifs is 4. The first-order chi connectivity index (χ1) is 12.3. The van der Waals surface area contributed by atoms with Crippen molar-refractivity contribution in [3.63, 3.8) is 0 Å². The van der Waals surface area contributed by atoms with E-state index in [1.807, 2.05) is 24.7 Å². The maximum atomic E-state index is 11.1. The Morgan fingerprint density at radius 3 is 2.92 bits per heavy atom. The summed E-state index contributed by atoms with van der Waals surface area (Å²) in [5.41, 5.74) is 6.32. The molecule has 1 aliphatic carbocycles. The zero-order valence-corrected chi connectivity index (χ0v) is 13.6. The maximum Gasteiger partial charge on any atom is 0.0991 e. The third-order valence-corrected chi connectivity index (χ3v) is 5.67. The lowest BCUT2D eigenvalue weighted by atomic mass is 9.75. The molecule has 0 saturated heterocycles. The fourth-order valence-corrected chi connectivity index (χ4v) is 4.53. The topological polar surface area (TPSA) is 61.8 Å². The number of nitrogens with zero attached hydrogens (tertiary/aromatic N) is 3. The summed E-state index contributed by atoms with van der Waals surface area (Å²) >= 11 is 0. The molecule has 122 valence electrons. The summed E-state index contributed by atoms with van der Waals surface area (Å²) in [6.45, 7) is 0. The normalized spacial score (nSPS) is 23.4. The summed E-state index contributed by atoms with van der Waals surface area (Å²) in [5.74, 6) is 0.0945. The fraction of sp³-hybridized carbons (Fsp3) is 0.238. The van der Waals surface area contributed by atoms with Crippen LogP contribution in [0.25, 0.3) is 11.3 Å². The average molecular weight is 327 g/mol. The summed E-state index contributed by atoms with van der Waals surface area (Å²) < 4.78 is 2.20. The minimum absolute atomic E-state index is 0.0945. The number of aliphatic hydroxyl groups excluding tert-OH is 1. The molecule has 4 nitrogen and oxygen atoms in total. The van der Waals surface area contributed by atoms with E-state index in [-0.39, 0.29) is 12.0 Å². The van der Waals surface area contributed by atoms with Gasteiger partial charge in [0.05, 0.1) is 42.0 Å². The molecule has 1 aromatic heterocycles. The largest absolute Gasteiger partial charge is 0.388 e. The van der Waals surface area contributed by atoms with Crippen molar-refractivity contribution in [3.05, 3.63) is 77.2 Å². The second-order valence-electron chi connectivity index (χ2n) is 6.89. The van der Waals surface area contributed by atoms with Crippen LogP contribution in [-0.2, 0) is 6.42 Å². The van der Waals surface area contributed by atoms with Crippen molar-refractivity contribution in [2.45, 2.75) is 25.0 Å². The van der Waals surface area contributed by atoms with E-state index in [0.717, 1.165) is 29.7 Å². The van der Waals surface area contributed by atoms with E-state index in [4.69, 9.17) is 5.26 Å². The van der Waals surface area contributed by atoms with Crippen molar-refractivity contribution in [2.75, 3.05) is 0 Å². The van der Waals surface area contributed by atoms with Gasteiger partial charge in [-0.15, -0.1) is 0 Å². The number of imidazole rings is 1. The minimum atomic E-state index is -0.539. The van der Waals surface area contributed by atoms with Gasteiger partial charge >= 0.3 is 0 Å². The standard InChI is InChI=1S/C21H17N3O/c22-10-13-5-7-15-14(9-13)6-8-18(21(15)25)20-17-4-2-1-3-16(17)19-11-23-12-24(19)20/h1-5,7,9,11-12,18,20-21,25H,6,8H2/t18?,20-,21-/m0/s1. The molecule has 0 amide bonds. The van der Waals surface area contributed by atoms with Gasteiger partial charge in [-0.3, -0.25) is 0 Å². The summed E-state index contributed by atoms with van der Waals surface area (Å²) in [7, 11) is 0. The highest BCUT2D eigenvalue weighted by Crippen LogP contribution is 2.49. The first-order valence-corrected chi connectivity index (χ1v) is 8.60. The van der Waals surface area contributed by atoms with Crippen LogP contribution in [0.3, 0.4) is 0 Å². The first-order valence-electron chi connectivity index (χ1n) is 8.60. The number of aryl methyl sites for hydroxylation is 1. The Balaban J connectivity index is 1.60. The molecule has 1 unspecified atom stereocenters. The Bertz CT molecular complexity index is 1010. The van der Waals surface area contributed by atoms with Gasteiger partial charge < -0.3 is 9.67 Å². The SMILES string of the molecule is N#Cc1ccc2c(c1)CCC([C@@H]1c3ccccc3-c3cncn31)[C@H]2O. The summed E-state index contributed by atoms with van der Waals surface area (Å²) in [6, 6.07) is 16.3. The van der Waals surface area contributed by atoms with Gasteiger partial charge in [0.25, 0.3) is 0 Å². The number of rotatable bonds is 1. The number of hydrogen-bond donors (Lipinski definition) is 1. The van der Waals surface area contributed by atoms with Crippen LogP contribution in [0.2, 0.25) is 0 Å². The molecule has 3 atom stereocenters. The molecule has 2 heterocycles. The smallest absolute Gasteiger partial charge is 0.0991 e. The number of hydrogen-bond acceptors (Lipinski definition) is 3. The Morgan fingerprint density at radius 1 is 1.16 bits per heavy atom. The van der Waals surface area contributed by atoms with Crippen LogP contribution < -0.4 is 0 Å². The van der Waals surface area contributed by atoms with E-state index in [1.54, 1.807) is 6.07 Å². The van der Waals surface area contributed by atoms with Crippen molar-refractivity contribution < 1.29 is 5.11 Å². The maximum absolute atomic E-state index is 11.1. The molecule has 25 heavy (non-hydrogen) atoms. The van der Waals surface area contributed by atoms with Crippen LogP contribution in [-0.4, -0.2) is 14.7 Å². The highest BCUT2D eigenvalue weighted by molar-refractivity contribution is 5.69. The van der Waals surface area contributed by atoms with Gasteiger partial charge in [-0.1, -0.05) is 30.3 Å². The lowest BCUT2D eigenvalue weighted by Crippen LogP contribution is -2.28. The summed E-state index contributed by atoms with van der Waals surface area (Å²) in [4.78, 5) is 4.33. The predicted molar refractivity (Wildman–Crippen MR) is 93.7 cm³/mol. The second kappa shape index (κ2) is 5.30. The zero-order valence-electron chi connectivity index (χ0n) is 13.6. The molecular formula is C21H17N3O. The van der Waals surface area contributed by atoms with E-state index in [9.17, 15) is 5.11 Å². The average Bonchev–Trinajstić information content (AvgIpc) is 3.23. The highest BCUT2D eigenvalue weighted by Gasteiger charge is 2.40. The van der Waals surface area contributed by atoms with Gasteiger partial charge in [-0.25, -0.2) is 4.98 Å². The van der Waals surface area contributed by atoms with E-state index in [1.165, 1.54) is 11.1 Å². The Kier molecular flexibility index (Phi) is 3.06. The van der Waals surface area contributed by atoms with E-state index in [0.29, 0.717) is 5.56 Å². The lowest BCUT2D eigenvalue weighted by molar-refractivity contribution is 0.0720. The third kappa shape index (κ3) is 2.00. The molecular weight excluding hydrogens is 310 g/mol. The Hall–Kier alpha value is -2.90. The zero-order chi connectivity index (χ0) is 17.0. The minimum Gasteiger partial charge on any atom is -0.388 e. The monoisotopic (exact) mass is 327 g/mol. The highest BCUT2D eigenvalue weighted by atomic mass is 16.3. The van der Waals surface area contributed by atoms with Crippen molar-refractivity contribution >= 4 is 0 Å². The quantitative estimate of drug-likeness (QED) is 0.742. The molecule has 1 aliphatic heterocycles. The molecule has 0 radical (unpaired) electrons. The van der Waals surface area contributed by atoms with Gasteiger partial charge in [0.1, 0.15) is 0 Å². The van der Waals surface area contributed by atoms with Crippen LogP contribution in [0.1, 0.15) is 40.8 Å². The van der Waals surface area contributed by atoms with Crippen LogP contribution >= 0.6 is 0 Å². The van der Waals surface area contributed by atoms with Crippen LogP contribution in [0.5, 0.6) is 0 Å².